The maximum atomic E-state index is 13.4. The lowest BCUT2D eigenvalue weighted by Gasteiger charge is -2.16. The smallest absolute Gasteiger partial charge is 0.305 e. The van der Waals surface area contributed by atoms with Crippen LogP contribution in [-0.4, -0.2) is 44.4 Å². The van der Waals surface area contributed by atoms with Crippen LogP contribution >= 0.6 is 0 Å². The summed E-state index contributed by atoms with van der Waals surface area (Å²) < 4.78 is 42.8. The van der Waals surface area contributed by atoms with Crippen LogP contribution in [0.4, 0.5) is 4.39 Å². The molecule has 0 unspecified atom stereocenters. The number of rotatable bonds is 6. The Kier molecular flexibility index (Phi) is 5.37. The first-order chi connectivity index (χ1) is 8.89. The summed E-state index contributed by atoms with van der Waals surface area (Å²) >= 11 is 0. The average Bonchev–Trinajstić information content (AvgIpc) is 2.38. The number of sulfonamides is 1. The molecule has 0 saturated carbocycles. The number of carbonyl (C=O) groups excluding carboxylic acids is 1. The monoisotopic (exact) mass is 290 g/mol. The van der Waals surface area contributed by atoms with Crippen molar-refractivity contribution in [1.82, 2.24) is 9.29 Å². The van der Waals surface area contributed by atoms with Crippen molar-refractivity contribution in [3.63, 3.8) is 0 Å². The van der Waals surface area contributed by atoms with Gasteiger partial charge >= 0.3 is 5.97 Å². The minimum atomic E-state index is -3.98. The number of hydrogen-bond acceptors (Lipinski definition) is 5. The summed E-state index contributed by atoms with van der Waals surface area (Å²) in [6.07, 6.45) is 1.59. The lowest BCUT2D eigenvalue weighted by atomic mass is 10.3. The predicted octanol–water partition coefficient (Wildman–Crippen LogP) is 0.794. The van der Waals surface area contributed by atoms with Gasteiger partial charge in [-0.2, -0.15) is 4.31 Å². The molecule has 1 heterocycles. The van der Waals surface area contributed by atoms with Crippen molar-refractivity contribution in [1.29, 1.82) is 0 Å². The standard InChI is InChI=1S/C11H15FN2O4S/c1-14(8-4-6-10(15)18-2)19(16,17)11-9(12)5-3-7-13-11/h3,5,7H,4,6,8H2,1-2H3. The number of aromatic nitrogens is 1. The van der Waals surface area contributed by atoms with Crippen molar-refractivity contribution < 1.29 is 22.3 Å². The molecule has 0 aliphatic rings. The van der Waals surface area contributed by atoms with Crippen molar-refractivity contribution in [2.75, 3.05) is 20.7 Å². The van der Waals surface area contributed by atoms with Crippen LogP contribution in [-0.2, 0) is 19.6 Å². The quantitative estimate of drug-likeness (QED) is 0.724. The van der Waals surface area contributed by atoms with Gasteiger partial charge in [-0.25, -0.2) is 17.8 Å². The van der Waals surface area contributed by atoms with Gasteiger partial charge in [0.25, 0.3) is 10.0 Å². The van der Waals surface area contributed by atoms with E-state index in [4.69, 9.17) is 0 Å². The van der Waals surface area contributed by atoms with Gasteiger partial charge in [0.05, 0.1) is 7.11 Å². The van der Waals surface area contributed by atoms with E-state index in [1.807, 2.05) is 0 Å². The Labute approximate surface area is 111 Å². The van der Waals surface area contributed by atoms with Crippen molar-refractivity contribution in [3.05, 3.63) is 24.1 Å². The Morgan fingerprint density at radius 3 is 2.79 bits per heavy atom. The minimum absolute atomic E-state index is 0.0768. The van der Waals surface area contributed by atoms with Gasteiger partial charge in [0.2, 0.25) is 5.03 Å². The van der Waals surface area contributed by atoms with E-state index in [1.165, 1.54) is 26.4 Å². The second kappa shape index (κ2) is 6.58. The molecule has 0 amide bonds. The van der Waals surface area contributed by atoms with Crippen LogP contribution in [0.1, 0.15) is 12.8 Å². The Balaban J connectivity index is 2.73. The highest BCUT2D eigenvalue weighted by molar-refractivity contribution is 7.89. The summed E-state index contributed by atoms with van der Waals surface area (Å²) in [5.74, 6) is -1.32. The first kappa shape index (κ1) is 15.5. The van der Waals surface area contributed by atoms with E-state index in [-0.39, 0.29) is 19.4 Å². The zero-order valence-corrected chi connectivity index (χ0v) is 11.5. The van der Waals surface area contributed by atoms with E-state index in [1.54, 1.807) is 0 Å². The van der Waals surface area contributed by atoms with E-state index in [9.17, 15) is 17.6 Å². The molecule has 1 rings (SSSR count). The molecule has 8 heteroatoms. The van der Waals surface area contributed by atoms with Gasteiger partial charge in [0.1, 0.15) is 0 Å². The molecule has 0 aromatic carbocycles. The van der Waals surface area contributed by atoms with Gasteiger partial charge in [0.15, 0.2) is 5.82 Å². The maximum Gasteiger partial charge on any atom is 0.305 e. The van der Waals surface area contributed by atoms with Gasteiger partial charge in [-0.1, -0.05) is 0 Å². The second-order valence-electron chi connectivity index (χ2n) is 3.80. The molecule has 0 aliphatic carbocycles. The molecular formula is C11H15FN2O4S. The molecule has 106 valence electrons. The minimum Gasteiger partial charge on any atom is -0.469 e. The number of esters is 1. The van der Waals surface area contributed by atoms with Crippen LogP contribution in [0, 0.1) is 5.82 Å². The molecular weight excluding hydrogens is 275 g/mol. The summed E-state index contributed by atoms with van der Waals surface area (Å²) in [7, 11) is -1.42. The molecule has 0 bridgehead atoms. The van der Waals surface area contributed by atoms with Crippen LogP contribution in [0.25, 0.3) is 0 Å². The highest BCUT2D eigenvalue weighted by Crippen LogP contribution is 2.15. The van der Waals surface area contributed by atoms with Gasteiger partial charge in [0, 0.05) is 26.2 Å². The fourth-order valence-corrected chi connectivity index (χ4v) is 2.55. The van der Waals surface area contributed by atoms with Crippen LogP contribution in [0.3, 0.4) is 0 Å². The summed E-state index contributed by atoms with van der Waals surface area (Å²) in [5, 5.41) is -0.615. The molecule has 0 saturated heterocycles. The lowest BCUT2D eigenvalue weighted by Crippen LogP contribution is -2.29. The van der Waals surface area contributed by atoms with Crippen LogP contribution in [0.2, 0.25) is 0 Å². The Morgan fingerprint density at radius 2 is 2.21 bits per heavy atom. The summed E-state index contributed by atoms with van der Waals surface area (Å²) in [4.78, 5) is 14.4. The zero-order chi connectivity index (χ0) is 14.5. The van der Waals surface area contributed by atoms with Gasteiger partial charge < -0.3 is 4.74 Å². The van der Waals surface area contributed by atoms with E-state index in [2.05, 4.69) is 9.72 Å². The SMILES string of the molecule is COC(=O)CCCN(C)S(=O)(=O)c1ncccc1F. The van der Waals surface area contributed by atoms with Crippen molar-refractivity contribution >= 4 is 16.0 Å². The average molecular weight is 290 g/mol. The van der Waals surface area contributed by atoms with Crippen molar-refractivity contribution in [2.45, 2.75) is 17.9 Å². The molecule has 0 fully saturated rings. The molecule has 0 radical (unpaired) electrons. The van der Waals surface area contributed by atoms with Crippen LogP contribution in [0.5, 0.6) is 0 Å². The largest absolute Gasteiger partial charge is 0.469 e. The molecule has 0 atom stereocenters. The Hall–Kier alpha value is -1.54. The number of methoxy groups -OCH3 is 1. The summed E-state index contributed by atoms with van der Waals surface area (Å²) in [5.41, 5.74) is 0. The molecule has 19 heavy (non-hydrogen) atoms. The number of hydrogen-bond donors (Lipinski definition) is 0. The molecule has 0 aliphatic heterocycles. The maximum absolute atomic E-state index is 13.4. The fourth-order valence-electron chi connectivity index (χ4n) is 1.38. The van der Waals surface area contributed by atoms with Gasteiger partial charge in [-0.05, 0) is 18.6 Å². The predicted molar refractivity (Wildman–Crippen MR) is 65.3 cm³/mol. The normalized spacial score (nSPS) is 11.6. The van der Waals surface area contributed by atoms with Crippen molar-refractivity contribution in [3.8, 4) is 0 Å². The number of nitrogens with zero attached hydrogens (tertiary/aromatic N) is 2. The Morgan fingerprint density at radius 1 is 1.53 bits per heavy atom. The van der Waals surface area contributed by atoms with E-state index in [0.29, 0.717) is 0 Å². The fraction of sp³-hybridized carbons (Fsp3) is 0.455. The first-order valence-electron chi connectivity index (χ1n) is 5.53. The number of ether oxygens (including phenoxy) is 1. The number of pyridine rings is 1. The van der Waals surface area contributed by atoms with Crippen LogP contribution < -0.4 is 0 Å². The molecule has 0 spiro atoms. The Bertz CT molecular complexity index is 547. The molecule has 1 aromatic rings. The summed E-state index contributed by atoms with van der Waals surface area (Å²) in [6.45, 7) is 0.0768. The first-order valence-corrected chi connectivity index (χ1v) is 6.97. The third-order valence-corrected chi connectivity index (χ3v) is 4.25. The van der Waals surface area contributed by atoms with E-state index in [0.717, 1.165) is 10.4 Å². The third-order valence-electron chi connectivity index (χ3n) is 2.46. The van der Waals surface area contributed by atoms with Gasteiger partial charge in [-0.3, -0.25) is 4.79 Å². The second-order valence-corrected chi connectivity index (χ2v) is 5.76. The topological polar surface area (TPSA) is 76.6 Å². The van der Waals surface area contributed by atoms with E-state index >= 15 is 0 Å². The van der Waals surface area contributed by atoms with Crippen molar-refractivity contribution in [2.24, 2.45) is 0 Å². The number of carbonyl (C=O) groups is 1. The van der Waals surface area contributed by atoms with Gasteiger partial charge in [-0.15, -0.1) is 0 Å². The number of halogens is 1. The molecule has 0 N–H and O–H groups in total. The highest BCUT2D eigenvalue weighted by atomic mass is 32.2. The summed E-state index contributed by atoms with van der Waals surface area (Å²) in [6, 6.07) is 2.34. The third kappa shape index (κ3) is 3.97. The van der Waals surface area contributed by atoms with Crippen LogP contribution in [0.15, 0.2) is 23.4 Å². The lowest BCUT2D eigenvalue weighted by molar-refractivity contribution is -0.140. The molecule has 6 nitrogen and oxygen atoms in total. The van der Waals surface area contributed by atoms with E-state index < -0.39 is 26.8 Å². The highest BCUT2D eigenvalue weighted by Gasteiger charge is 2.25. The molecule has 1 aromatic heterocycles. The zero-order valence-electron chi connectivity index (χ0n) is 10.7.